The number of nitrogens with two attached hydrogens (primary N) is 1. The van der Waals surface area contributed by atoms with Crippen LogP contribution in [0.4, 0.5) is 0 Å². The molecule has 0 aliphatic carbocycles. The second-order valence-corrected chi connectivity index (χ2v) is 4.15. The molecule has 0 radical (unpaired) electrons. The molecule has 3 heterocycles. The van der Waals surface area contributed by atoms with E-state index in [4.69, 9.17) is 14.9 Å². The van der Waals surface area contributed by atoms with Gasteiger partial charge in [-0.05, 0) is 25.1 Å². The Bertz CT molecular complexity index is 696. The molecule has 0 amide bonds. The molecule has 2 N–H and O–H groups in total. The molecule has 0 aromatic carbocycles. The van der Waals surface area contributed by atoms with E-state index in [2.05, 4.69) is 20.1 Å². The van der Waals surface area contributed by atoms with E-state index in [1.807, 2.05) is 6.92 Å². The second-order valence-electron chi connectivity index (χ2n) is 4.15. The first-order valence-electron chi connectivity index (χ1n) is 6.45. The van der Waals surface area contributed by atoms with Crippen molar-refractivity contribution in [2.24, 2.45) is 5.73 Å². The van der Waals surface area contributed by atoms with E-state index in [1.165, 1.54) is 4.68 Å². The van der Waals surface area contributed by atoms with Crippen molar-refractivity contribution >= 4 is 0 Å². The molecule has 3 aromatic rings. The van der Waals surface area contributed by atoms with E-state index >= 15 is 0 Å². The van der Waals surface area contributed by atoms with Gasteiger partial charge in [-0.15, -0.1) is 0 Å². The zero-order chi connectivity index (χ0) is 14.7. The maximum atomic E-state index is 6.12. The Morgan fingerprint density at radius 1 is 1.33 bits per heavy atom. The number of nitrogens with zero attached hydrogens (tertiary/aromatic N) is 5. The number of hydrogen-bond acceptors (Lipinski definition) is 7. The van der Waals surface area contributed by atoms with Crippen LogP contribution in [0.15, 0.2) is 41.3 Å². The number of ether oxygens (including phenoxy) is 1. The molecule has 0 spiro atoms. The Morgan fingerprint density at radius 2 is 2.24 bits per heavy atom. The maximum Gasteiger partial charge on any atom is 0.321 e. The van der Waals surface area contributed by atoms with Gasteiger partial charge in [-0.25, -0.2) is 4.68 Å². The average Bonchev–Trinajstić information content (AvgIpc) is 3.19. The molecule has 0 aliphatic rings. The van der Waals surface area contributed by atoms with E-state index in [0.29, 0.717) is 24.1 Å². The Kier molecular flexibility index (Phi) is 3.61. The van der Waals surface area contributed by atoms with Gasteiger partial charge in [-0.2, -0.15) is 20.1 Å². The maximum absolute atomic E-state index is 6.12. The lowest BCUT2D eigenvalue weighted by Crippen LogP contribution is -2.18. The molecule has 1 atom stereocenters. The van der Waals surface area contributed by atoms with Crippen molar-refractivity contribution in [2.75, 3.05) is 6.61 Å². The molecule has 0 saturated heterocycles. The van der Waals surface area contributed by atoms with Gasteiger partial charge in [0.1, 0.15) is 11.8 Å². The first-order valence-corrected chi connectivity index (χ1v) is 6.45. The van der Waals surface area contributed by atoms with E-state index in [9.17, 15) is 0 Å². The number of furan rings is 1. The minimum absolute atomic E-state index is 0.204. The Labute approximate surface area is 120 Å². The van der Waals surface area contributed by atoms with E-state index < -0.39 is 6.04 Å². The summed E-state index contributed by atoms with van der Waals surface area (Å²) in [5.41, 5.74) is 6.12. The summed E-state index contributed by atoms with van der Waals surface area (Å²) in [5.74, 6) is 1.26. The topological polar surface area (TPSA) is 105 Å². The average molecular weight is 286 g/mol. The largest absolute Gasteiger partial charge is 0.467 e. The van der Waals surface area contributed by atoms with Gasteiger partial charge in [0.05, 0.1) is 12.9 Å². The SMILES string of the molecule is CCOc1nc(C(N)c2ccco2)nc(-n2cccn2)n1. The summed E-state index contributed by atoms with van der Waals surface area (Å²) < 4.78 is 12.2. The minimum Gasteiger partial charge on any atom is -0.467 e. The predicted octanol–water partition coefficient (Wildman–Crippen LogP) is 1.10. The lowest BCUT2D eigenvalue weighted by molar-refractivity contribution is 0.307. The van der Waals surface area contributed by atoms with Crippen LogP contribution in [0.2, 0.25) is 0 Å². The van der Waals surface area contributed by atoms with Crippen molar-refractivity contribution < 1.29 is 9.15 Å². The van der Waals surface area contributed by atoms with Gasteiger partial charge in [-0.1, -0.05) is 0 Å². The van der Waals surface area contributed by atoms with Crippen molar-refractivity contribution in [3.63, 3.8) is 0 Å². The van der Waals surface area contributed by atoms with Gasteiger partial charge >= 0.3 is 6.01 Å². The summed E-state index contributed by atoms with van der Waals surface area (Å²) in [6.45, 7) is 2.29. The van der Waals surface area contributed by atoms with Crippen LogP contribution in [0.3, 0.4) is 0 Å². The number of hydrogen-bond donors (Lipinski definition) is 1. The van der Waals surface area contributed by atoms with Crippen LogP contribution in [-0.2, 0) is 0 Å². The standard InChI is InChI=1S/C13H14N6O2/c1-2-20-13-17-11(10(14)9-5-3-8-21-9)16-12(18-13)19-7-4-6-15-19/h3-8,10H,2,14H2,1H3. The Hall–Kier alpha value is -2.74. The summed E-state index contributed by atoms with van der Waals surface area (Å²) in [4.78, 5) is 12.7. The van der Waals surface area contributed by atoms with Crippen molar-refractivity contribution in [1.82, 2.24) is 24.7 Å². The molecule has 3 aromatic heterocycles. The lowest BCUT2D eigenvalue weighted by atomic mass is 10.2. The molecule has 0 saturated carbocycles. The summed E-state index contributed by atoms with van der Waals surface area (Å²) >= 11 is 0. The van der Waals surface area contributed by atoms with Crippen LogP contribution in [0.25, 0.3) is 5.95 Å². The summed E-state index contributed by atoms with van der Waals surface area (Å²) in [6.07, 6.45) is 4.91. The molecule has 3 rings (SSSR count). The van der Waals surface area contributed by atoms with Gasteiger partial charge in [0.25, 0.3) is 5.95 Å². The summed E-state index contributed by atoms with van der Waals surface area (Å²) in [6, 6.07) is 4.90. The van der Waals surface area contributed by atoms with Gasteiger partial charge < -0.3 is 14.9 Å². The highest BCUT2D eigenvalue weighted by atomic mass is 16.5. The van der Waals surface area contributed by atoms with Gasteiger partial charge in [0, 0.05) is 12.4 Å². The third-order valence-electron chi connectivity index (χ3n) is 2.73. The second kappa shape index (κ2) is 5.71. The quantitative estimate of drug-likeness (QED) is 0.748. The van der Waals surface area contributed by atoms with E-state index in [1.54, 1.807) is 36.9 Å². The van der Waals surface area contributed by atoms with Crippen LogP contribution in [0, 0.1) is 0 Å². The summed E-state index contributed by atoms with van der Waals surface area (Å²) in [7, 11) is 0. The molecule has 8 nitrogen and oxygen atoms in total. The first-order chi connectivity index (χ1) is 10.3. The number of aromatic nitrogens is 5. The van der Waals surface area contributed by atoms with Crippen LogP contribution in [-0.4, -0.2) is 31.3 Å². The highest BCUT2D eigenvalue weighted by molar-refractivity contribution is 5.20. The van der Waals surface area contributed by atoms with Crippen LogP contribution in [0.5, 0.6) is 6.01 Å². The molecular weight excluding hydrogens is 272 g/mol. The van der Waals surface area contributed by atoms with E-state index in [0.717, 1.165) is 0 Å². The van der Waals surface area contributed by atoms with Crippen molar-refractivity contribution in [3.05, 3.63) is 48.4 Å². The molecule has 0 bridgehead atoms. The fraction of sp³-hybridized carbons (Fsp3) is 0.231. The molecular formula is C13H14N6O2. The van der Waals surface area contributed by atoms with Crippen LogP contribution in [0.1, 0.15) is 24.6 Å². The zero-order valence-electron chi connectivity index (χ0n) is 11.4. The highest BCUT2D eigenvalue weighted by Crippen LogP contribution is 2.19. The molecule has 108 valence electrons. The lowest BCUT2D eigenvalue weighted by Gasteiger charge is -2.10. The molecule has 1 unspecified atom stereocenters. The first kappa shape index (κ1) is 13.3. The van der Waals surface area contributed by atoms with Gasteiger partial charge in [0.2, 0.25) is 0 Å². The minimum atomic E-state index is -0.600. The fourth-order valence-electron chi connectivity index (χ4n) is 1.78. The van der Waals surface area contributed by atoms with Crippen molar-refractivity contribution in [1.29, 1.82) is 0 Å². The van der Waals surface area contributed by atoms with Gasteiger partial charge in [0.15, 0.2) is 5.82 Å². The normalized spacial score (nSPS) is 12.3. The van der Waals surface area contributed by atoms with Crippen LogP contribution < -0.4 is 10.5 Å². The van der Waals surface area contributed by atoms with Gasteiger partial charge in [-0.3, -0.25) is 0 Å². The Balaban J connectivity index is 2.03. The predicted molar refractivity (Wildman–Crippen MR) is 72.9 cm³/mol. The number of rotatable bonds is 5. The van der Waals surface area contributed by atoms with Crippen molar-refractivity contribution in [2.45, 2.75) is 13.0 Å². The highest BCUT2D eigenvalue weighted by Gasteiger charge is 2.18. The van der Waals surface area contributed by atoms with E-state index in [-0.39, 0.29) is 6.01 Å². The van der Waals surface area contributed by atoms with Crippen molar-refractivity contribution in [3.8, 4) is 12.0 Å². The van der Waals surface area contributed by atoms with Crippen LogP contribution >= 0.6 is 0 Å². The zero-order valence-corrected chi connectivity index (χ0v) is 11.4. The third kappa shape index (κ3) is 2.75. The monoisotopic (exact) mass is 286 g/mol. The Morgan fingerprint density at radius 3 is 2.90 bits per heavy atom. The smallest absolute Gasteiger partial charge is 0.321 e. The molecule has 0 aliphatic heterocycles. The fourth-order valence-corrected chi connectivity index (χ4v) is 1.78. The summed E-state index contributed by atoms with van der Waals surface area (Å²) in [5, 5.41) is 4.09. The molecule has 8 heteroatoms. The third-order valence-corrected chi connectivity index (χ3v) is 2.73. The molecule has 21 heavy (non-hydrogen) atoms. The molecule has 0 fully saturated rings.